The van der Waals surface area contributed by atoms with Gasteiger partial charge in [0.25, 0.3) is 5.91 Å². The Morgan fingerprint density at radius 1 is 1.17 bits per heavy atom. The lowest BCUT2D eigenvalue weighted by atomic mass is 10.1. The van der Waals surface area contributed by atoms with E-state index in [4.69, 9.17) is 11.6 Å². The number of amides is 2. The first kappa shape index (κ1) is 19.7. The van der Waals surface area contributed by atoms with Crippen LogP contribution in [0.2, 0.25) is 5.02 Å². The van der Waals surface area contributed by atoms with Crippen LogP contribution in [0, 0.1) is 0 Å². The zero-order valence-electron chi connectivity index (χ0n) is 16.5. The predicted molar refractivity (Wildman–Crippen MR) is 116 cm³/mol. The van der Waals surface area contributed by atoms with Crippen LogP contribution in [-0.4, -0.2) is 50.6 Å². The summed E-state index contributed by atoms with van der Waals surface area (Å²) in [6.07, 6.45) is 0.304. The van der Waals surface area contributed by atoms with Crippen molar-refractivity contribution in [2.24, 2.45) is 0 Å². The SMILES string of the molecule is C[C@@H]1CC(=O)Nc2ccccc2N1C(=O)C[NH+]1CCN(c2cccc(Cl)c2)CC1. The van der Waals surface area contributed by atoms with E-state index < -0.39 is 0 Å². The molecule has 1 saturated heterocycles. The summed E-state index contributed by atoms with van der Waals surface area (Å²) in [7, 11) is 0. The van der Waals surface area contributed by atoms with Crippen LogP contribution in [0.5, 0.6) is 0 Å². The van der Waals surface area contributed by atoms with Gasteiger partial charge in [0.15, 0.2) is 6.54 Å². The Hall–Kier alpha value is -2.57. The van der Waals surface area contributed by atoms with Crippen LogP contribution < -0.4 is 20.0 Å². The van der Waals surface area contributed by atoms with Crippen LogP contribution in [0.4, 0.5) is 17.1 Å². The van der Waals surface area contributed by atoms with E-state index in [1.807, 2.05) is 49.4 Å². The van der Waals surface area contributed by atoms with Gasteiger partial charge in [-0.2, -0.15) is 0 Å². The molecule has 2 N–H and O–H groups in total. The summed E-state index contributed by atoms with van der Waals surface area (Å²) in [4.78, 5) is 30.7. The van der Waals surface area contributed by atoms with E-state index in [0.717, 1.165) is 42.6 Å². The number of hydrogen-bond donors (Lipinski definition) is 2. The molecule has 2 heterocycles. The van der Waals surface area contributed by atoms with Crippen molar-refractivity contribution in [2.45, 2.75) is 19.4 Å². The largest absolute Gasteiger partial charge is 0.360 e. The molecule has 0 bridgehead atoms. The average Bonchev–Trinajstić information content (AvgIpc) is 2.82. The predicted octanol–water partition coefficient (Wildman–Crippen LogP) is 1.81. The van der Waals surface area contributed by atoms with Gasteiger partial charge >= 0.3 is 0 Å². The maximum absolute atomic E-state index is 13.2. The van der Waals surface area contributed by atoms with Crippen molar-refractivity contribution < 1.29 is 14.5 Å². The van der Waals surface area contributed by atoms with E-state index in [0.29, 0.717) is 18.7 Å². The zero-order chi connectivity index (χ0) is 20.4. The third kappa shape index (κ3) is 4.38. The van der Waals surface area contributed by atoms with Gasteiger partial charge in [0.05, 0.1) is 37.6 Å². The monoisotopic (exact) mass is 413 g/mol. The normalized spacial score (nSPS) is 20.1. The molecule has 0 aromatic heterocycles. The molecule has 2 aliphatic heterocycles. The molecular weight excluding hydrogens is 388 g/mol. The highest BCUT2D eigenvalue weighted by molar-refractivity contribution is 6.30. The number of fused-ring (bicyclic) bond motifs is 1. The topological polar surface area (TPSA) is 57.1 Å². The number of nitrogens with zero attached hydrogens (tertiary/aromatic N) is 2. The summed E-state index contributed by atoms with van der Waals surface area (Å²) < 4.78 is 0. The van der Waals surface area contributed by atoms with Crippen molar-refractivity contribution in [1.29, 1.82) is 0 Å². The number of carbonyl (C=O) groups is 2. The Kier molecular flexibility index (Phi) is 5.74. The highest BCUT2D eigenvalue weighted by Gasteiger charge is 2.32. The summed E-state index contributed by atoms with van der Waals surface area (Å²) in [6, 6.07) is 15.3. The smallest absolute Gasteiger partial charge is 0.282 e. The van der Waals surface area contributed by atoms with E-state index in [9.17, 15) is 9.59 Å². The van der Waals surface area contributed by atoms with Gasteiger partial charge in [-0.3, -0.25) is 9.59 Å². The van der Waals surface area contributed by atoms with Gasteiger partial charge < -0.3 is 20.0 Å². The standard InChI is InChI=1S/C22H25ClN4O2/c1-16-13-21(28)24-19-7-2-3-8-20(19)27(16)22(29)15-25-9-11-26(12-10-25)18-6-4-5-17(23)14-18/h2-8,14,16H,9-13,15H2,1H3,(H,24,28)/p+1/t16-/m1/s1. The fraction of sp³-hybridized carbons (Fsp3) is 0.364. The number of nitrogens with one attached hydrogen (secondary N) is 2. The Bertz CT molecular complexity index is 911. The Morgan fingerprint density at radius 2 is 1.93 bits per heavy atom. The summed E-state index contributed by atoms with van der Waals surface area (Å²) in [5, 5.41) is 3.65. The van der Waals surface area contributed by atoms with Crippen molar-refractivity contribution in [1.82, 2.24) is 0 Å². The summed E-state index contributed by atoms with van der Waals surface area (Å²) in [5.74, 6) is 0.00962. The molecule has 0 spiro atoms. The Morgan fingerprint density at radius 3 is 2.69 bits per heavy atom. The minimum Gasteiger partial charge on any atom is -0.360 e. The molecule has 0 aliphatic carbocycles. The third-order valence-corrected chi connectivity index (χ3v) is 5.91. The number of quaternary nitrogens is 1. The molecular formula is C22H26ClN4O2+. The molecule has 1 atom stereocenters. The van der Waals surface area contributed by atoms with Crippen LogP contribution in [0.15, 0.2) is 48.5 Å². The molecule has 7 heteroatoms. The number of carbonyl (C=O) groups excluding carboxylic acids is 2. The highest BCUT2D eigenvalue weighted by atomic mass is 35.5. The second-order valence-electron chi connectivity index (χ2n) is 7.78. The fourth-order valence-corrected chi connectivity index (χ4v) is 4.38. The summed E-state index contributed by atoms with van der Waals surface area (Å²) in [6.45, 7) is 5.91. The van der Waals surface area contributed by atoms with Crippen LogP contribution >= 0.6 is 11.6 Å². The minimum absolute atomic E-state index is 0.0530. The van der Waals surface area contributed by atoms with Crippen molar-refractivity contribution in [3.05, 3.63) is 53.6 Å². The van der Waals surface area contributed by atoms with Crippen LogP contribution in [0.3, 0.4) is 0 Å². The molecule has 4 rings (SSSR count). The van der Waals surface area contributed by atoms with E-state index in [-0.39, 0.29) is 17.9 Å². The van der Waals surface area contributed by atoms with Gasteiger partial charge in [0, 0.05) is 23.2 Å². The van der Waals surface area contributed by atoms with Crippen molar-refractivity contribution >= 4 is 40.5 Å². The molecule has 6 nitrogen and oxygen atoms in total. The lowest BCUT2D eigenvalue weighted by molar-refractivity contribution is -0.892. The number of rotatable bonds is 3. The van der Waals surface area contributed by atoms with Gasteiger partial charge in [0.1, 0.15) is 0 Å². The number of anilines is 3. The van der Waals surface area contributed by atoms with Gasteiger partial charge in [-0.15, -0.1) is 0 Å². The molecule has 2 aliphatic rings. The average molecular weight is 414 g/mol. The van der Waals surface area contributed by atoms with Gasteiger partial charge in [-0.25, -0.2) is 0 Å². The molecule has 0 unspecified atom stereocenters. The van der Waals surface area contributed by atoms with E-state index in [1.165, 1.54) is 4.90 Å². The molecule has 29 heavy (non-hydrogen) atoms. The van der Waals surface area contributed by atoms with Crippen molar-refractivity contribution in [3.8, 4) is 0 Å². The maximum atomic E-state index is 13.2. The Balaban J connectivity index is 1.43. The molecule has 1 fully saturated rings. The molecule has 2 aromatic carbocycles. The molecule has 2 amide bonds. The molecule has 152 valence electrons. The highest BCUT2D eigenvalue weighted by Crippen LogP contribution is 2.31. The van der Waals surface area contributed by atoms with Crippen LogP contribution in [-0.2, 0) is 9.59 Å². The van der Waals surface area contributed by atoms with Crippen LogP contribution in [0.1, 0.15) is 13.3 Å². The number of hydrogen-bond acceptors (Lipinski definition) is 3. The summed E-state index contributed by atoms with van der Waals surface area (Å²) in [5.41, 5.74) is 2.62. The van der Waals surface area contributed by atoms with E-state index in [1.54, 1.807) is 4.90 Å². The van der Waals surface area contributed by atoms with Crippen molar-refractivity contribution in [3.63, 3.8) is 0 Å². The number of para-hydroxylation sites is 2. The maximum Gasteiger partial charge on any atom is 0.282 e. The lowest BCUT2D eigenvalue weighted by Gasteiger charge is -2.35. The number of piperazine rings is 1. The van der Waals surface area contributed by atoms with E-state index in [2.05, 4.69) is 16.3 Å². The number of halogens is 1. The minimum atomic E-state index is -0.168. The molecule has 2 aromatic rings. The first-order chi connectivity index (χ1) is 14.0. The van der Waals surface area contributed by atoms with Gasteiger partial charge in [-0.1, -0.05) is 29.8 Å². The van der Waals surface area contributed by atoms with E-state index >= 15 is 0 Å². The molecule has 0 radical (unpaired) electrons. The third-order valence-electron chi connectivity index (χ3n) is 5.67. The second-order valence-corrected chi connectivity index (χ2v) is 8.21. The second kappa shape index (κ2) is 8.43. The van der Waals surface area contributed by atoms with Gasteiger partial charge in [0.2, 0.25) is 5.91 Å². The van der Waals surface area contributed by atoms with Gasteiger partial charge in [-0.05, 0) is 37.3 Å². The van der Waals surface area contributed by atoms with Crippen molar-refractivity contribution in [2.75, 3.05) is 47.8 Å². The number of benzene rings is 2. The quantitative estimate of drug-likeness (QED) is 0.806. The first-order valence-corrected chi connectivity index (χ1v) is 10.4. The summed E-state index contributed by atoms with van der Waals surface area (Å²) >= 11 is 6.11. The fourth-order valence-electron chi connectivity index (χ4n) is 4.20. The zero-order valence-corrected chi connectivity index (χ0v) is 17.3. The first-order valence-electron chi connectivity index (χ1n) is 10.1. The van der Waals surface area contributed by atoms with Crippen LogP contribution in [0.25, 0.3) is 0 Å². The lowest BCUT2D eigenvalue weighted by Crippen LogP contribution is -3.16. The molecule has 0 saturated carbocycles. The Labute approximate surface area is 176 Å².